The number of nitrogens with zero attached hydrogens (tertiary/aromatic N) is 1. The van der Waals surface area contributed by atoms with E-state index in [-0.39, 0.29) is 4.90 Å². The number of rotatable bonds is 3. The van der Waals surface area contributed by atoms with Gasteiger partial charge in [-0.25, -0.2) is 12.7 Å². The first-order valence-corrected chi connectivity index (χ1v) is 11.0. The molecule has 0 saturated heterocycles. The van der Waals surface area contributed by atoms with Gasteiger partial charge in [-0.05, 0) is 58.6 Å². The SMILES string of the molecule is COC(=O)[C@@]12C=CC(=O)N(S(=O)(=O)c3c(C)cc(C)cc3C)[C@@H]1CC(C)=C(C)C2. The van der Waals surface area contributed by atoms with Gasteiger partial charge in [0.25, 0.3) is 15.9 Å². The van der Waals surface area contributed by atoms with Gasteiger partial charge in [0.1, 0.15) is 5.41 Å². The van der Waals surface area contributed by atoms with Crippen molar-refractivity contribution in [2.45, 2.75) is 58.4 Å². The molecule has 0 fully saturated rings. The monoisotopic (exact) mass is 417 g/mol. The van der Waals surface area contributed by atoms with Crippen LogP contribution in [0.2, 0.25) is 0 Å². The van der Waals surface area contributed by atoms with Crippen molar-refractivity contribution in [3.63, 3.8) is 0 Å². The summed E-state index contributed by atoms with van der Waals surface area (Å²) >= 11 is 0. The number of ether oxygens (including phenoxy) is 1. The topological polar surface area (TPSA) is 80.8 Å². The van der Waals surface area contributed by atoms with Crippen LogP contribution < -0.4 is 0 Å². The first-order valence-electron chi connectivity index (χ1n) is 9.55. The highest BCUT2D eigenvalue weighted by Gasteiger charge is 2.56. The number of fused-ring (bicyclic) bond motifs is 1. The summed E-state index contributed by atoms with van der Waals surface area (Å²) in [7, 11) is -2.89. The van der Waals surface area contributed by atoms with E-state index in [0.717, 1.165) is 21.0 Å². The van der Waals surface area contributed by atoms with Crippen LogP contribution in [0.5, 0.6) is 0 Å². The fourth-order valence-electron chi connectivity index (χ4n) is 4.69. The van der Waals surface area contributed by atoms with E-state index in [9.17, 15) is 18.0 Å². The minimum absolute atomic E-state index is 0.120. The second-order valence-corrected chi connectivity index (χ2v) is 9.94. The molecule has 156 valence electrons. The summed E-state index contributed by atoms with van der Waals surface area (Å²) < 4.78 is 33.5. The maximum absolute atomic E-state index is 13.7. The maximum atomic E-state index is 13.7. The van der Waals surface area contributed by atoms with Crippen molar-refractivity contribution in [3.8, 4) is 0 Å². The molecular weight excluding hydrogens is 390 g/mol. The Balaban J connectivity index is 2.25. The Morgan fingerprint density at radius 2 is 1.69 bits per heavy atom. The highest BCUT2D eigenvalue weighted by atomic mass is 32.2. The lowest BCUT2D eigenvalue weighted by atomic mass is 9.67. The number of hydrogen-bond donors (Lipinski definition) is 0. The number of amides is 1. The van der Waals surface area contributed by atoms with Crippen molar-refractivity contribution in [1.29, 1.82) is 0 Å². The number of methoxy groups -OCH3 is 1. The van der Waals surface area contributed by atoms with Crippen LogP contribution in [0.3, 0.4) is 0 Å². The average Bonchev–Trinajstić information content (AvgIpc) is 2.61. The number of carbonyl (C=O) groups excluding carboxylic acids is 2. The highest BCUT2D eigenvalue weighted by molar-refractivity contribution is 7.89. The van der Waals surface area contributed by atoms with Gasteiger partial charge in [0, 0.05) is 6.08 Å². The van der Waals surface area contributed by atoms with Crippen LogP contribution in [-0.4, -0.2) is 37.8 Å². The first-order chi connectivity index (χ1) is 13.5. The van der Waals surface area contributed by atoms with Gasteiger partial charge >= 0.3 is 5.97 Å². The van der Waals surface area contributed by atoms with Gasteiger partial charge in [0.15, 0.2) is 0 Å². The molecule has 6 nitrogen and oxygen atoms in total. The molecule has 0 unspecified atom stereocenters. The number of aryl methyl sites for hydroxylation is 3. The van der Waals surface area contributed by atoms with Gasteiger partial charge in [-0.15, -0.1) is 0 Å². The molecule has 0 radical (unpaired) electrons. The van der Waals surface area contributed by atoms with Crippen LogP contribution in [0.15, 0.2) is 40.3 Å². The summed E-state index contributed by atoms with van der Waals surface area (Å²) in [4.78, 5) is 25.9. The minimum Gasteiger partial charge on any atom is -0.468 e. The van der Waals surface area contributed by atoms with E-state index in [2.05, 4.69) is 0 Å². The lowest BCUT2D eigenvalue weighted by Gasteiger charge is -2.47. The normalized spacial score (nSPS) is 24.6. The van der Waals surface area contributed by atoms with E-state index in [4.69, 9.17) is 4.74 Å². The Bertz CT molecular complexity index is 1040. The molecule has 1 aliphatic carbocycles. The minimum atomic E-state index is -4.18. The molecule has 7 heteroatoms. The third-order valence-corrected chi connectivity index (χ3v) is 8.20. The molecule has 1 amide bonds. The van der Waals surface area contributed by atoms with Gasteiger partial charge in [-0.2, -0.15) is 0 Å². The van der Waals surface area contributed by atoms with Gasteiger partial charge in [0.05, 0.1) is 18.0 Å². The summed E-state index contributed by atoms with van der Waals surface area (Å²) in [5.41, 5.74) is 2.87. The van der Waals surface area contributed by atoms with Gasteiger partial charge < -0.3 is 4.74 Å². The smallest absolute Gasteiger partial charge is 0.318 e. The molecule has 1 aromatic carbocycles. The zero-order chi connectivity index (χ0) is 21.7. The zero-order valence-electron chi connectivity index (χ0n) is 17.7. The summed E-state index contributed by atoms with van der Waals surface area (Å²) in [5, 5.41) is 0. The number of carbonyl (C=O) groups is 2. The molecule has 1 aromatic rings. The highest BCUT2D eigenvalue weighted by Crippen LogP contribution is 2.48. The summed E-state index contributed by atoms with van der Waals surface area (Å²) in [6.07, 6.45) is 3.33. The number of esters is 1. The quantitative estimate of drug-likeness (QED) is 0.556. The molecule has 0 spiro atoms. The molecule has 0 bridgehead atoms. The van der Waals surface area contributed by atoms with Gasteiger partial charge in [-0.3, -0.25) is 9.59 Å². The molecule has 0 aromatic heterocycles. The summed E-state index contributed by atoms with van der Waals surface area (Å²) in [5.74, 6) is -1.17. The maximum Gasteiger partial charge on any atom is 0.318 e. The second-order valence-electron chi connectivity index (χ2n) is 8.19. The van der Waals surface area contributed by atoms with Gasteiger partial charge in [-0.1, -0.05) is 34.9 Å². The Hall–Kier alpha value is -2.41. The fourth-order valence-corrected chi connectivity index (χ4v) is 6.71. The molecule has 1 aliphatic heterocycles. The van der Waals surface area contributed by atoms with E-state index in [1.807, 2.05) is 20.8 Å². The molecule has 2 atom stereocenters. The third-order valence-electron chi connectivity index (χ3n) is 6.09. The lowest BCUT2D eigenvalue weighted by molar-refractivity contribution is -0.154. The number of sulfonamides is 1. The van der Waals surface area contributed by atoms with Crippen LogP contribution in [0.1, 0.15) is 43.4 Å². The largest absolute Gasteiger partial charge is 0.468 e. The summed E-state index contributed by atoms with van der Waals surface area (Å²) in [6.45, 7) is 9.17. The molecule has 1 heterocycles. The van der Waals surface area contributed by atoms with Crippen molar-refractivity contribution in [2.24, 2.45) is 5.41 Å². The first kappa shape index (κ1) is 21.3. The number of hydrogen-bond acceptors (Lipinski definition) is 5. The average molecular weight is 418 g/mol. The Morgan fingerprint density at radius 3 is 2.24 bits per heavy atom. The van der Waals surface area contributed by atoms with Crippen LogP contribution in [-0.2, 0) is 24.3 Å². The second kappa shape index (κ2) is 7.13. The fraction of sp³-hybridized carbons (Fsp3) is 0.455. The lowest BCUT2D eigenvalue weighted by Crippen LogP contribution is -2.59. The van der Waals surface area contributed by atoms with E-state index in [1.54, 1.807) is 26.0 Å². The molecular formula is C22H27NO5S. The van der Waals surface area contributed by atoms with E-state index >= 15 is 0 Å². The predicted octanol–water partition coefficient (Wildman–Crippen LogP) is 3.36. The Morgan fingerprint density at radius 1 is 1.10 bits per heavy atom. The van der Waals surface area contributed by atoms with Gasteiger partial charge in [0.2, 0.25) is 0 Å². The van der Waals surface area contributed by atoms with Crippen LogP contribution in [0, 0.1) is 26.2 Å². The van der Waals surface area contributed by atoms with Crippen LogP contribution in [0.25, 0.3) is 0 Å². The van der Waals surface area contributed by atoms with Crippen molar-refractivity contribution >= 4 is 21.9 Å². The standard InChI is InChI=1S/C22H27NO5S/c1-13-9-15(3)20(16(4)10-13)29(26,27)23-18-11-14(2)17(5)12-22(18,21(25)28-6)8-7-19(23)24/h7-10,18H,11-12H2,1-6H3/t18-,22-/m1/s1. The Kier molecular flexibility index (Phi) is 5.24. The number of benzene rings is 1. The van der Waals surface area contributed by atoms with Crippen molar-refractivity contribution in [1.82, 2.24) is 4.31 Å². The van der Waals surface area contributed by atoms with Crippen LogP contribution in [0.4, 0.5) is 0 Å². The third kappa shape index (κ3) is 3.21. The predicted molar refractivity (Wildman–Crippen MR) is 110 cm³/mol. The zero-order valence-corrected chi connectivity index (χ0v) is 18.5. The van der Waals surface area contributed by atoms with E-state index in [0.29, 0.717) is 24.0 Å². The van der Waals surface area contributed by atoms with E-state index < -0.39 is 33.4 Å². The molecule has 0 N–H and O–H groups in total. The summed E-state index contributed by atoms with van der Waals surface area (Å²) in [6, 6.07) is 2.71. The number of allylic oxidation sites excluding steroid dienone is 1. The van der Waals surface area contributed by atoms with Crippen molar-refractivity contribution in [2.75, 3.05) is 7.11 Å². The Labute approximate surface area is 172 Å². The van der Waals surface area contributed by atoms with Crippen molar-refractivity contribution < 1.29 is 22.7 Å². The molecule has 2 aliphatic rings. The molecule has 29 heavy (non-hydrogen) atoms. The molecule has 3 rings (SSSR count). The molecule has 0 saturated carbocycles. The van der Waals surface area contributed by atoms with Crippen molar-refractivity contribution in [3.05, 3.63) is 52.1 Å². The van der Waals surface area contributed by atoms with E-state index in [1.165, 1.54) is 19.3 Å². The van der Waals surface area contributed by atoms with Crippen LogP contribution >= 0.6 is 0 Å².